The van der Waals surface area contributed by atoms with Gasteiger partial charge >= 0.3 is 5.97 Å². The molecule has 1 fully saturated rings. The van der Waals surface area contributed by atoms with Gasteiger partial charge < -0.3 is 10.4 Å². The zero-order valence-electron chi connectivity index (χ0n) is 9.16. The molecule has 0 spiro atoms. The van der Waals surface area contributed by atoms with Crippen molar-refractivity contribution in [3.63, 3.8) is 0 Å². The summed E-state index contributed by atoms with van der Waals surface area (Å²) < 4.78 is 0. The summed E-state index contributed by atoms with van der Waals surface area (Å²) in [6.45, 7) is 1.72. The number of amides is 1. The van der Waals surface area contributed by atoms with Crippen molar-refractivity contribution in [1.82, 2.24) is 5.32 Å². The minimum absolute atomic E-state index is 0.194. The number of carbonyl (C=O) groups excluding carboxylic acids is 1. The molecule has 0 aliphatic heterocycles. The molecule has 1 unspecified atom stereocenters. The molecule has 0 aromatic carbocycles. The first-order valence-electron chi connectivity index (χ1n) is 5.68. The molecule has 0 radical (unpaired) electrons. The maximum atomic E-state index is 11.6. The zero-order chi connectivity index (χ0) is 11.3. The summed E-state index contributed by atoms with van der Waals surface area (Å²) in [5.41, 5.74) is 0. The Bertz CT molecular complexity index is 234. The van der Waals surface area contributed by atoms with Crippen LogP contribution >= 0.6 is 0 Å². The number of hydrogen-bond acceptors (Lipinski definition) is 2. The molecule has 1 amide bonds. The highest BCUT2D eigenvalue weighted by Crippen LogP contribution is 2.18. The molecule has 0 bridgehead atoms. The summed E-state index contributed by atoms with van der Waals surface area (Å²) in [6.07, 6.45) is 5.82. The summed E-state index contributed by atoms with van der Waals surface area (Å²) in [6, 6.07) is 0.194. The molecule has 15 heavy (non-hydrogen) atoms. The number of aliphatic carboxylic acids is 1. The highest BCUT2D eigenvalue weighted by Gasteiger charge is 2.26. The highest BCUT2D eigenvalue weighted by molar-refractivity contribution is 5.96. The monoisotopic (exact) mass is 213 g/mol. The van der Waals surface area contributed by atoms with E-state index in [1.807, 2.05) is 0 Å². The third-order valence-corrected chi connectivity index (χ3v) is 2.97. The zero-order valence-corrected chi connectivity index (χ0v) is 9.16. The standard InChI is InChI=1S/C11H19NO3/c1-2-9(11(14)15)10(13)12-8-6-4-3-5-7-8/h8-9H,2-7H2,1H3,(H,12,13)(H,14,15). The Morgan fingerprint density at radius 3 is 2.40 bits per heavy atom. The molecule has 0 aromatic heterocycles. The molecule has 0 saturated heterocycles. The number of carboxylic acids is 1. The Labute approximate surface area is 90.0 Å². The van der Waals surface area contributed by atoms with Crippen LogP contribution in [0.4, 0.5) is 0 Å². The van der Waals surface area contributed by atoms with Crippen LogP contribution in [0.15, 0.2) is 0 Å². The fourth-order valence-electron chi connectivity index (χ4n) is 2.02. The van der Waals surface area contributed by atoms with E-state index in [1.165, 1.54) is 6.42 Å². The van der Waals surface area contributed by atoms with E-state index in [1.54, 1.807) is 6.92 Å². The summed E-state index contributed by atoms with van der Waals surface area (Å²) in [4.78, 5) is 22.3. The lowest BCUT2D eigenvalue weighted by molar-refractivity contribution is -0.147. The quantitative estimate of drug-likeness (QED) is 0.696. The molecular formula is C11H19NO3. The highest BCUT2D eigenvalue weighted by atomic mass is 16.4. The van der Waals surface area contributed by atoms with Crippen molar-refractivity contribution >= 4 is 11.9 Å². The molecule has 1 saturated carbocycles. The molecule has 1 atom stereocenters. The minimum atomic E-state index is -1.02. The van der Waals surface area contributed by atoms with Crippen molar-refractivity contribution in [3.05, 3.63) is 0 Å². The predicted molar refractivity (Wildman–Crippen MR) is 56.4 cm³/mol. The van der Waals surface area contributed by atoms with E-state index in [4.69, 9.17) is 5.11 Å². The Hall–Kier alpha value is -1.06. The molecule has 86 valence electrons. The normalized spacial score (nSPS) is 19.5. The van der Waals surface area contributed by atoms with E-state index in [0.29, 0.717) is 6.42 Å². The Morgan fingerprint density at radius 1 is 1.33 bits per heavy atom. The van der Waals surface area contributed by atoms with Gasteiger partial charge in [0.05, 0.1) is 0 Å². The average molecular weight is 213 g/mol. The third-order valence-electron chi connectivity index (χ3n) is 2.97. The van der Waals surface area contributed by atoms with Crippen LogP contribution in [0.5, 0.6) is 0 Å². The van der Waals surface area contributed by atoms with E-state index in [9.17, 15) is 9.59 Å². The number of nitrogens with one attached hydrogen (secondary N) is 1. The number of carbonyl (C=O) groups is 2. The van der Waals surface area contributed by atoms with E-state index in [2.05, 4.69) is 5.32 Å². The second kappa shape index (κ2) is 5.73. The molecule has 0 aromatic rings. The minimum Gasteiger partial charge on any atom is -0.481 e. The van der Waals surface area contributed by atoms with Crippen molar-refractivity contribution in [2.75, 3.05) is 0 Å². The molecule has 1 rings (SSSR count). The van der Waals surface area contributed by atoms with Gasteiger partial charge in [0.25, 0.3) is 0 Å². The first-order valence-corrected chi connectivity index (χ1v) is 5.68. The van der Waals surface area contributed by atoms with Crippen molar-refractivity contribution in [2.45, 2.75) is 51.5 Å². The van der Waals surface area contributed by atoms with Gasteiger partial charge in [-0.25, -0.2) is 0 Å². The largest absolute Gasteiger partial charge is 0.481 e. The predicted octanol–water partition coefficient (Wildman–Crippen LogP) is 1.55. The second-order valence-corrected chi connectivity index (χ2v) is 4.14. The van der Waals surface area contributed by atoms with Gasteiger partial charge in [0.15, 0.2) is 0 Å². The molecule has 0 heterocycles. The van der Waals surface area contributed by atoms with Crippen molar-refractivity contribution in [3.8, 4) is 0 Å². The summed E-state index contributed by atoms with van der Waals surface area (Å²) in [7, 11) is 0. The Balaban J connectivity index is 2.42. The van der Waals surface area contributed by atoms with E-state index >= 15 is 0 Å². The Morgan fingerprint density at radius 2 is 1.93 bits per heavy atom. The van der Waals surface area contributed by atoms with Gasteiger partial charge in [-0.05, 0) is 19.3 Å². The van der Waals surface area contributed by atoms with Crippen LogP contribution in [0.25, 0.3) is 0 Å². The van der Waals surface area contributed by atoms with Gasteiger partial charge in [-0.3, -0.25) is 9.59 Å². The lowest BCUT2D eigenvalue weighted by atomic mass is 9.94. The summed E-state index contributed by atoms with van der Waals surface area (Å²) >= 11 is 0. The fourth-order valence-corrected chi connectivity index (χ4v) is 2.02. The van der Waals surface area contributed by atoms with Crippen molar-refractivity contribution < 1.29 is 14.7 Å². The van der Waals surface area contributed by atoms with Crippen LogP contribution in [-0.4, -0.2) is 23.0 Å². The van der Waals surface area contributed by atoms with Crippen LogP contribution in [0.1, 0.15) is 45.4 Å². The van der Waals surface area contributed by atoms with E-state index in [-0.39, 0.29) is 11.9 Å². The third kappa shape index (κ3) is 3.53. The molecule has 4 heteroatoms. The smallest absolute Gasteiger partial charge is 0.316 e. The average Bonchev–Trinajstić information content (AvgIpc) is 2.19. The molecule has 1 aliphatic rings. The second-order valence-electron chi connectivity index (χ2n) is 4.14. The van der Waals surface area contributed by atoms with Crippen LogP contribution in [0, 0.1) is 5.92 Å². The van der Waals surface area contributed by atoms with Gasteiger partial charge in [-0.1, -0.05) is 26.2 Å². The van der Waals surface area contributed by atoms with Gasteiger partial charge in [0, 0.05) is 6.04 Å². The molecule has 4 nitrogen and oxygen atoms in total. The topological polar surface area (TPSA) is 66.4 Å². The maximum absolute atomic E-state index is 11.6. The van der Waals surface area contributed by atoms with E-state index in [0.717, 1.165) is 25.7 Å². The van der Waals surface area contributed by atoms with Crippen LogP contribution in [0.3, 0.4) is 0 Å². The van der Waals surface area contributed by atoms with Gasteiger partial charge in [0.1, 0.15) is 5.92 Å². The summed E-state index contributed by atoms with van der Waals surface area (Å²) in [5, 5.41) is 11.6. The molecule has 2 N–H and O–H groups in total. The SMILES string of the molecule is CCC(C(=O)O)C(=O)NC1CCCCC1. The first kappa shape index (κ1) is 12.0. The lowest BCUT2D eigenvalue weighted by Gasteiger charge is -2.24. The van der Waals surface area contributed by atoms with Gasteiger partial charge in [-0.15, -0.1) is 0 Å². The van der Waals surface area contributed by atoms with Gasteiger partial charge in [0.2, 0.25) is 5.91 Å². The van der Waals surface area contributed by atoms with Gasteiger partial charge in [-0.2, -0.15) is 0 Å². The number of carboxylic acid groups (broad SMARTS) is 1. The van der Waals surface area contributed by atoms with Crippen molar-refractivity contribution in [2.24, 2.45) is 5.92 Å². The first-order chi connectivity index (χ1) is 7.15. The maximum Gasteiger partial charge on any atom is 0.316 e. The van der Waals surface area contributed by atoms with E-state index < -0.39 is 11.9 Å². The lowest BCUT2D eigenvalue weighted by Crippen LogP contribution is -2.42. The van der Waals surface area contributed by atoms with Crippen molar-refractivity contribution in [1.29, 1.82) is 0 Å². The molecule has 1 aliphatic carbocycles. The molecular weight excluding hydrogens is 194 g/mol. The van der Waals surface area contributed by atoms with Crippen LogP contribution in [-0.2, 0) is 9.59 Å². The van der Waals surface area contributed by atoms with Crippen LogP contribution < -0.4 is 5.32 Å². The fraction of sp³-hybridized carbons (Fsp3) is 0.818. The van der Waals surface area contributed by atoms with Crippen LogP contribution in [0.2, 0.25) is 0 Å². The number of rotatable bonds is 4. The summed E-state index contributed by atoms with van der Waals surface area (Å²) in [5.74, 6) is -2.23. The Kier molecular flexibility index (Phi) is 4.59. The number of hydrogen-bond donors (Lipinski definition) is 2.